The Kier molecular flexibility index (Phi) is 6.40. The lowest BCUT2D eigenvalue weighted by molar-refractivity contribution is -0.141. The van der Waals surface area contributed by atoms with Crippen LogP contribution in [-0.2, 0) is 17.8 Å². The maximum atomic E-state index is 12.7. The van der Waals surface area contributed by atoms with Crippen molar-refractivity contribution in [1.29, 1.82) is 0 Å². The molecule has 0 N–H and O–H groups in total. The van der Waals surface area contributed by atoms with Gasteiger partial charge in [0.05, 0.1) is 14.2 Å². The van der Waals surface area contributed by atoms with Gasteiger partial charge in [-0.25, -0.2) is 0 Å². The van der Waals surface area contributed by atoms with Crippen LogP contribution in [0.2, 0.25) is 0 Å². The summed E-state index contributed by atoms with van der Waals surface area (Å²) < 4.78 is 10.7. The van der Waals surface area contributed by atoms with Crippen molar-refractivity contribution in [3.05, 3.63) is 46.2 Å². The van der Waals surface area contributed by atoms with Gasteiger partial charge in [-0.15, -0.1) is 0 Å². The van der Waals surface area contributed by atoms with Crippen LogP contribution in [0.5, 0.6) is 11.5 Å². The molecule has 3 heterocycles. The normalized spacial score (nSPS) is 22.4. The fraction of sp³-hybridized carbons (Fsp3) is 0.522. The molecule has 5 nitrogen and oxygen atoms in total. The second-order valence-corrected chi connectivity index (χ2v) is 8.83. The van der Waals surface area contributed by atoms with E-state index in [9.17, 15) is 4.79 Å². The van der Waals surface area contributed by atoms with Crippen LogP contribution >= 0.6 is 11.3 Å². The molecular weight excluding hydrogens is 384 g/mol. The minimum atomic E-state index is 0.318. The van der Waals surface area contributed by atoms with Gasteiger partial charge in [0.25, 0.3) is 0 Å². The van der Waals surface area contributed by atoms with Crippen LogP contribution in [0.15, 0.2) is 35.0 Å². The number of carbonyl (C=O) groups excluding carboxylic acids is 1. The SMILES string of the molecule is COc1ccc(CCN2C(=O)CC[C@@H]3CN(Cc4ccsc4)CC[C@@H]32)cc1OC. The molecule has 156 valence electrons. The molecule has 2 aliphatic heterocycles. The van der Waals surface area contributed by atoms with Crippen molar-refractivity contribution < 1.29 is 14.3 Å². The third-order valence-electron chi connectivity index (χ3n) is 6.30. The van der Waals surface area contributed by atoms with Gasteiger partial charge in [0.2, 0.25) is 5.91 Å². The zero-order valence-electron chi connectivity index (χ0n) is 17.3. The molecule has 1 aromatic heterocycles. The summed E-state index contributed by atoms with van der Waals surface area (Å²) in [5.41, 5.74) is 2.58. The molecule has 2 saturated heterocycles. The highest BCUT2D eigenvalue weighted by atomic mass is 32.1. The van der Waals surface area contributed by atoms with E-state index in [0.717, 1.165) is 56.9 Å². The molecular formula is C23H30N2O3S. The first-order valence-electron chi connectivity index (χ1n) is 10.4. The van der Waals surface area contributed by atoms with Gasteiger partial charge in [-0.1, -0.05) is 6.07 Å². The van der Waals surface area contributed by atoms with E-state index in [1.54, 1.807) is 25.6 Å². The third-order valence-corrected chi connectivity index (χ3v) is 7.04. The second-order valence-electron chi connectivity index (χ2n) is 8.05. The number of nitrogens with zero attached hydrogens (tertiary/aromatic N) is 2. The van der Waals surface area contributed by atoms with Crippen molar-refractivity contribution in [1.82, 2.24) is 9.80 Å². The predicted octanol–water partition coefficient (Wildman–Crippen LogP) is 3.82. The Morgan fingerprint density at radius 2 is 1.97 bits per heavy atom. The number of rotatable bonds is 7. The van der Waals surface area contributed by atoms with Crippen LogP contribution in [0.25, 0.3) is 0 Å². The molecule has 1 amide bonds. The average molecular weight is 415 g/mol. The highest BCUT2D eigenvalue weighted by molar-refractivity contribution is 7.07. The van der Waals surface area contributed by atoms with Crippen molar-refractivity contribution in [2.75, 3.05) is 33.9 Å². The van der Waals surface area contributed by atoms with E-state index in [2.05, 4.69) is 32.7 Å². The standard InChI is InChI=1S/C23H30N2O3S/c1-27-21-5-3-17(13-22(21)28-2)7-11-25-20-8-10-24(14-18-9-12-29-16-18)15-19(20)4-6-23(25)26/h3,5,9,12-13,16,19-20H,4,6-8,10-11,14-15H2,1-2H3/t19-,20+/m1/s1. The Morgan fingerprint density at radius 1 is 1.10 bits per heavy atom. The number of carbonyl (C=O) groups is 1. The summed E-state index contributed by atoms with van der Waals surface area (Å²) >= 11 is 1.76. The van der Waals surface area contributed by atoms with Gasteiger partial charge in [-0.2, -0.15) is 11.3 Å². The van der Waals surface area contributed by atoms with Crippen LogP contribution in [0, 0.1) is 5.92 Å². The predicted molar refractivity (Wildman–Crippen MR) is 116 cm³/mol. The quantitative estimate of drug-likeness (QED) is 0.691. The molecule has 29 heavy (non-hydrogen) atoms. The molecule has 2 aromatic rings. The van der Waals surface area contributed by atoms with Crippen molar-refractivity contribution in [2.24, 2.45) is 5.92 Å². The first-order valence-corrected chi connectivity index (χ1v) is 11.4. The zero-order valence-corrected chi connectivity index (χ0v) is 18.1. The second kappa shape index (κ2) is 9.18. The molecule has 1 aromatic carbocycles. The number of benzene rings is 1. The maximum Gasteiger partial charge on any atom is 0.222 e. The number of methoxy groups -OCH3 is 2. The molecule has 0 radical (unpaired) electrons. The number of fused-ring (bicyclic) bond motifs is 1. The van der Waals surface area contributed by atoms with Gasteiger partial charge < -0.3 is 14.4 Å². The Hall–Kier alpha value is -2.05. The van der Waals surface area contributed by atoms with Gasteiger partial charge in [0.15, 0.2) is 11.5 Å². The molecule has 0 aliphatic carbocycles. The summed E-state index contributed by atoms with van der Waals surface area (Å²) in [5.74, 6) is 2.39. The first-order chi connectivity index (χ1) is 14.2. The molecule has 2 fully saturated rings. The number of ether oxygens (including phenoxy) is 2. The van der Waals surface area contributed by atoms with Gasteiger partial charge in [-0.3, -0.25) is 9.69 Å². The van der Waals surface area contributed by atoms with E-state index in [-0.39, 0.29) is 0 Å². The lowest BCUT2D eigenvalue weighted by atomic mass is 9.83. The Balaban J connectivity index is 1.38. The lowest BCUT2D eigenvalue weighted by Gasteiger charge is -2.47. The van der Waals surface area contributed by atoms with Crippen molar-refractivity contribution in [2.45, 2.75) is 38.3 Å². The van der Waals surface area contributed by atoms with E-state index < -0.39 is 0 Å². The summed E-state index contributed by atoms with van der Waals surface area (Å²) in [5, 5.41) is 4.39. The number of piperidine rings is 2. The summed E-state index contributed by atoms with van der Waals surface area (Å²) in [4.78, 5) is 17.4. The molecule has 4 rings (SSSR count). The number of likely N-dealkylation sites (tertiary alicyclic amines) is 2. The zero-order chi connectivity index (χ0) is 20.2. The molecule has 0 saturated carbocycles. The number of amides is 1. The molecule has 0 unspecified atom stereocenters. The van der Waals surface area contributed by atoms with Crippen molar-refractivity contribution in [3.8, 4) is 11.5 Å². The smallest absolute Gasteiger partial charge is 0.222 e. The van der Waals surface area contributed by atoms with Crippen molar-refractivity contribution >= 4 is 17.2 Å². The van der Waals surface area contributed by atoms with Crippen LogP contribution in [0.4, 0.5) is 0 Å². The van der Waals surface area contributed by atoms with Gasteiger partial charge in [-0.05, 0) is 65.3 Å². The Bertz CT molecular complexity index is 824. The third kappa shape index (κ3) is 4.59. The van der Waals surface area contributed by atoms with E-state index in [0.29, 0.717) is 24.3 Å². The minimum absolute atomic E-state index is 0.318. The van der Waals surface area contributed by atoms with Crippen molar-refractivity contribution in [3.63, 3.8) is 0 Å². The molecule has 6 heteroatoms. The molecule has 0 bridgehead atoms. The first kappa shape index (κ1) is 20.2. The Morgan fingerprint density at radius 3 is 2.72 bits per heavy atom. The summed E-state index contributed by atoms with van der Waals surface area (Å²) in [6, 6.07) is 8.63. The largest absolute Gasteiger partial charge is 0.493 e. The van der Waals surface area contributed by atoms with Crippen LogP contribution in [-0.4, -0.2) is 55.6 Å². The summed E-state index contributed by atoms with van der Waals surface area (Å²) in [7, 11) is 3.30. The van der Waals surface area contributed by atoms with Crippen LogP contribution < -0.4 is 9.47 Å². The summed E-state index contributed by atoms with van der Waals surface area (Å²) in [6.07, 6.45) is 3.62. The highest BCUT2D eigenvalue weighted by Crippen LogP contribution is 2.33. The molecule has 2 aliphatic rings. The van der Waals surface area contributed by atoms with E-state index in [1.165, 1.54) is 11.1 Å². The van der Waals surface area contributed by atoms with Gasteiger partial charge in [0, 0.05) is 38.6 Å². The fourth-order valence-electron chi connectivity index (χ4n) is 4.79. The van der Waals surface area contributed by atoms with E-state index in [1.807, 2.05) is 12.1 Å². The van der Waals surface area contributed by atoms with Gasteiger partial charge >= 0.3 is 0 Å². The number of hydrogen-bond donors (Lipinski definition) is 0. The highest BCUT2D eigenvalue weighted by Gasteiger charge is 2.38. The maximum absolute atomic E-state index is 12.7. The minimum Gasteiger partial charge on any atom is -0.493 e. The van der Waals surface area contributed by atoms with Gasteiger partial charge in [0.1, 0.15) is 0 Å². The average Bonchev–Trinajstić information content (AvgIpc) is 3.26. The number of thiophene rings is 1. The fourth-order valence-corrected chi connectivity index (χ4v) is 5.45. The van der Waals surface area contributed by atoms with Crippen LogP contribution in [0.1, 0.15) is 30.4 Å². The molecule has 0 spiro atoms. The lowest BCUT2D eigenvalue weighted by Crippen LogP contribution is -2.56. The number of hydrogen-bond acceptors (Lipinski definition) is 5. The topological polar surface area (TPSA) is 42.0 Å². The monoisotopic (exact) mass is 414 g/mol. The molecule has 2 atom stereocenters. The van der Waals surface area contributed by atoms with E-state index >= 15 is 0 Å². The van der Waals surface area contributed by atoms with E-state index in [4.69, 9.17) is 9.47 Å². The van der Waals surface area contributed by atoms with Crippen LogP contribution in [0.3, 0.4) is 0 Å². The summed E-state index contributed by atoms with van der Waals surface area (Å²) in [6.45, 7) is 3.98. The Labute approximate surface area is 177 Å².